The van der Waals surface area contributed by atoms with Crippen molar-refractivity contribution in [2.75, 3.05) is 0 Å². The third-order valence-electron chi connectivity index (χ3n) is 2.68. The topological polar surface area (TPSA) is 0 Å². The van der Waals surface area contributed by atoms with Crippen LogP contribution in [0, 0.1) is 0 Å². The summed E-state index contributed by atoms with van der Waals surface area (Å²) in [5.74, 6) is 0. The molecule has 1 aliphatic rings. The van der Waals surface area contributed by atoms with Crippen LogP contribution in [-0.4, -0.2) is 9.52 Å². The molecular weight excluding hydrogens is 196 g/mol. The second-order valence-corrected chi connectivity index (χ2v) is 4.77. The van der Waals surface area contributed by atoms with E-state index >= 15 is 0 Å². The van der Waals surface area contributed by atoms with Gasteiger partial charge in [-0.25, -0.2) is 0 Å². The van der Waals surface area contributed by atoms with E-state index in [1.165, 1.54) is 21.9 Å². The second kappa shape index (κ2) is 3.52. The van der Waals surface area contributed by atoms with Crippen molar-refractivity contribution in [1.29, 1.82) is 0 Å². The Balaban J connectivity index is 2.33. The predicted octanol–water partition coefficient (Wildman–Crippen LogP) is 2.67. The van der Waals surface area contributed by atoms with Crippen molar-refractivity contribution in [2.24, 2.45) is 0 Å². The molecule has 0 aromatic heterocycles. The molecule has 0 nitrogen and oxygen atoms in total. The molecule has 15 heavy (non-hydrogen) atoms. The van der Waals surface area contributed by atoms with Crippen molar-refractivity contribution in [2.45, 2.75) is 0 Å². The van der Waals surface area contributed by atoms with E-state index in [9.17, 15) is 0 Å². The number of hydrogen-bond donors (Lipinski definition) is 0. The lowest BCUT2D eigenvalue weighted by atomic mass is 10.00. The van der Waals surface area contributed by atoms with Crippen LogP contribution in [0.5, 0.6) is 0 Å². The van der Waals surface area contributed by atoms with Gasteiger partial charge < -0.3 is 0 Å². The van der Waals surface area contributed by atoms with Gasteiger partial charge in [0.05, 0.1) is 0 Å². The zero-order valence-corrected chi connectivity index (χ0v) is 9.27. The van der Waals surface area contributed by atoms with Gasteiger partial charge in [-0.15, -0.1) is 0 Å². The molecule has 0 aliphatic carbocycles. The molecule has 2 aromatic carbocycles. The fraction of sp³-hybridized carbons (Fsp3) is 0. The lowest BCUT2D eigenvalue weighted by Crippen LogP contribution is -2.13. The highest BCUT2D eigenvalue weighted by atomic mass is 28.2. The third-order valence-corrected chi connectivity index (χ3v) is 3.76. The van der Waals surface area contributed by atoms with Gasteiger partial charge in [0.25, 0.3) is 0 Å². The Morgan fingerprint density at radius 2 is 1.47 bits per heavy atom. The van der Waals surface area contributed by atoms with E-state index in [4.69, 9.17) is 0 Å². The second-order valence-electron chi connectivity index (χ2n) is 3.61. The van der Waals surface area contributed by atoms with Crippen LogP contribution in [0.15, 0.2) is 54.2 Å². The van der Waals surface area contributed by atoms with Crippen LogP contribution in [0.3, 0.4) is 0 Å². The summed E-state index contributed by atoms with van der Waals surface area (Å²) in [5, 5.41) is 1.44. The minimum atomic E-state index is 0.782. The summed E-state index contributed by atoms with van der Waals surface area (Å²) in [6, 6.07) is 17.3. The first-order valence-corrected chi connectivity index (χ1v) is 6.14. The normalized spacial score (nSPS) is 12.8. The molecule has 1 heterocycles. The predicted molar refractivity (Wildman–Crippen MR) is 66.3 cm³/mol. The number of hydrogen-bond acceptors (Lipinski definition) is 0. The fourth-order valence-electron chi connectivity index (χ4n) is 1.95. The number of benzene rings is 2. The molecule has 2 aromatic rings. The molecule has 0 bridgehead atoms. The Labute approximate surface area is 92.1 Å². The van der Waals surface area contributed by atoms with Gasteiger partial charge in [0, 0.05) is 0 Å². The third kappa shape index (κ3) is 1.45. The molecule has 0 saturated carbocycles. The summed E-state index contributed by atoms with van der Waals surface area (Å²) in [4.78, 5) is 0. The minimum absolute atomic E-state index is 0.782. The van der Waals surface area contributed by atoms with Crippen LogP contribution in [0.2, 0.25) is 0 Å². The Bertz CT molecular complexity index is 526. The summed E-state index contributed by atoms with van der Waals surface area (Å²) in [6.45, 7) is 0. The fourth-order valence-corrected chi connectivity index (χ4v) is 2.96. The lowest BCUT2D eigenvalue weighted by Gasteiger charge is -2.07. The van der Waals surface area contributed by atoms with E-state index in [0.29, 0.717) is 0 Å². The highest BCUT2D eigenvalue weighted by Crippen LogP contribution is 2.24. The SMILES string of the molecule is C1=Cc2ccccc2-c2ccccc2[Si]1. The van der Waals surface area contributed by atoms with Crippen LogP contribution in [0.4, 0.5) is 0 Å². The maximum absolute atomic E-state index is 2.27. The molecule has 0 saturated heterocycles. The van der Waals surface area contributed by atoms with E-state index < -0.39 is 0 Å². The molecule has 0 spiro atoms. The van der Waals surface area contributed by atoms with Gasteiger partial charge in [-0.05, 0) is 16.7 Å². The van der Waals surface area contributed by atoms with Crippen LogP contribution in [-0.2, 0) is 0 Å². The minimum Gasteiger partial charge on any atom is -0.0927 e. The van der Waals surface area contributed by atoms with Gasteiger partial charge in [-0.3, -0.25) is 0 Å². The molecule has 0 fully saturated rings. The molecule has 0 amide bonds. The molecule has 2 radical (unpaired) electrons. The average Bonchev–Trinajstić information content (AvgIpc) is 2.48. The van der Waals surface area contributed by atoms with Gasteiger partial charge in [0.1, 0.15) is 9.52 Å². The first kappa shape index (κ1) is 8.68. The van der Waals surface area contributed by atoms with Crippen molar-refractivity contribution in [3.8, 4) is 11.1 Å². The Morgan fingerprint density at radius 1 is 0.733 bits per heavy atom. The first-order valence-electron chi connectivity index (χ1n) is 5.07. The molecule has 1 heteroatoms. The monoisotopic (exact) mass is 206 g/mol. The van der Waals surface area contributed by atoms with E-state index in [-0.39, 0.29) is 0 Å². The maximum Gasteiger partial charge on any atom is 0.112 e. The van der Waals surface area contributed by atoms with Crippen molar-refractivity contribution in [1.82, 2.24) is 0 Å². The first-order chi connectivity index (χ1) is 7.45. The maximum atomic E-state index is 2.27. The summed E-state index contributed by atoms with van der Waals surface area (Å²) in [6.07, 6.45) is 2.23. The van der Waals surface area contributed by atoms with Crippen molar-refractivity contribution >= 4 is 20.8 Å². The van der Waals surface area contributed by atoms with Crippen molar-refractivity contribution < 1.29 is 0 Å². The smallest absolute Gasteiger partial charge is 0.0927 e. The molecule has 0 N–H and O–H groups in total. The summed E-state index contributed by atoms with van der Waals surface area (Å²) in [7, 11) is 0.782. The van der Waals surface area contributed by atoms with E-state index in [0.717, 1.165) is 9.52 Å². The molecule has 3 rings (SSSR count). The van der Waals surface area contributed by atoms with E-state index in [1.54, 1.807) is 0 Å². The van der Waals surface area contributed by atoms with Crippen LogP contribution >= 0.6 is 0 Å². The summed E-state index contributed by atoms with van der Waals surface area (Å²) >= 11 is 0. The average molecular weight is 206 g/mol. The Kier molecular flexibility index (Phi) is 2.04. The van der Waals surface area contributed by atoms with Gasteiger partial charge in [0.2, 0.25) is 0 Å². The molecule has 0 atom stereocenters. The molecule has 70 valence electrons. The van der Waals surface area contributed by atoms with Crippen molar-refractivity contribution in [3.05, 3.63) is 59.8 Å². The largest absolute Gasteiger partial charge is 0.112 e. The Morgan fingerprint density at radius 3 is 2.40 bits per heavy atom. The van der Waals surface area contributed by atoms with Gasteiger partial charge in [0.15, 0.2) is 0 Å². The Hall–Kier alpha value is -1.60. The van der Waals surface area contributed by atoms with E-state index in [2.05, 4.69) is 60.3 Å². The lowest BCUT2D eigenvalue weighted by molar-refractivity contribution is 1.62. The van der Waals surface area contributed by atoms with Gasteiger partial charge >= 0.3 is 0 Å². The van der Waals surface area contributed by atoms with Gasteiger partial charge in [-0.1, -0.05) is 65.5 Å². The summed E-state index contributed by atoms with van der Waals surface area (Å²) < 4.78 is 0. The van der Waals surface area contributed by atoms with Gasteiger partial charge in [-0.2, -0.15) is 0 Å². The van der Waals surface area contributed by atoms with Crippen LogP contribution in [0.25, 0.3) is 17.2 Å². The standard InChI is InChI=1S/C14H10Si/c1-2-6-12-11(5-1)9-10-15-14-8-4-3-7-13(12)14/h1-10H. The zero-order valence-electron chi connectivity index (χ0n) is 8.27. The molecule has 0 unspecified atom stereocenters. The zero-order chi connectivity index (χ0) is 10.1. The number of fused-ring (bicyclic) bond motifs is 3. The molecular formula is C14H10Si. The van der Waals surface area contributed by atoms with E-state index in [1.807, 2.05) is 0 Å². The van der Waals surface area contributed by atoms with Crippen LogP contribution in [0.1, 0.15) is 5.56 Å². The van der Waals surface area contributed by atoms with Crippen LogP contribution < -0.4 is 5.19 Å². The molecule has 1 aliphatic heterocycles. The quantitative estimate of drug-likeness (QED) is 0.581. The number of rotatable bonds is 0. The highest BCUT2D eigenvalue weighted by Gasteiger charge is 2.09. The van der Waals surface area contributed by atoms with Crippen molar-refractivity contribution in [3.63, 3.8) is 0 Å². The summed E-state index contributed by atoms with van der Waals surface area (Å²) in [5.41, 5.74) is 6.34. The highest BCUT2D eigenvalue weighted by molar-refractivity contribution is 6.61.